The third-order valence-corrected chi connectivity index (χ3v) is 1.77. The molecule has 13 heavy (non-hydrogen) atoms. The number of amides is 1. The van der Waals surface area contributed by atoms with E-state index in [9.17, 15) is 4.79 Å². The molecule has 0 aliphatic heterocycles. The fourth-order valence-electron chi connectivity index (χ4n) is 1.11. The average molecular weight is 184 g/mol. The molecule has 0 aromatic heterocycles. The predicted octanol–water partition coefficient (Wildman–Crippen LogP) is 1.20. The zero-order valence-corrected chi connectivity index (χ0v) is 8.81. The average Bonchev–Trinajstić information content (AvgIpc) is 1.81. The van der Waals surface area contributed by atoms with E-state index in [4.69, 9.17) is 5.73 Å². The summed E-state index contributed by atoms with van der Waals surface area (Å²) in [5.41, 5.74) is 6.05. The first-order chi connectivity index (χ1) is 5.83. The summed E-state index contributed by atoms with van der Waals surface area (Å²) in [5.74, 6) is -0.271. The highest BCUT2D eigenvalue weighted by molar-refractivity contribution is 5.74. The SMILES string of the molecule is C=C(C)CCNC(C)(C)CC(N)=O. The van der Waals surface area contributed by atoms with Crippen molar-refractivity contribution >= 4 is 5.91 Å². The summed E-state index contributed by atoms with van der Waals surface area (Å²) >= 11 is 0. The molecule has 76 valence electrons. The van der Waals surface area contributed by atoms with Crippen LogP contribution in [0.15, 0.2) is 12.2 Å². The van der Waals surface area contributed by atoms with Crippen molar-refractivity contribution in [3.05, 3.63) is 12.2 Å². The smallest absolute Gasteiger partial charge is 0.219 e. The molecule has 0 unspecified atom stereocenters. The third kappa shape index (κ3) is 7.53. The largest absolute Gasteiger partial charge is 0.370 e. The lowest BCUT2D eigenvalue weighted by Gasteiger charge is -2.24. The van der Waals surface area contributed by atoms with Crippen LogP contribution in [-0.2, 0) is 4.79 Å². The van der Waals surface area contributed by atoms with Gasteiger partial charge in [0, 0.05) is 12.0 Å². The summed E-state index contributed by atoms with van der Waals surface area (Å²) in [7, 11) is 0. The highest BCUT2D eigenvalue weighted by atomic mass is 16.1. The number of carbonyl (C=O) groups excluding carboxylic acids is 1. The maximum absolute atomic E-state index is 10.7. The van der Waals surface area contributed by atoms with Crippen molar-refractivity contribution in [3.8, 4) is 0 Å². The summed E-state index contributed by atoms with van der Waals surface area (Å²) in [5, 5.41) is 3.26. The summed E-state index contributed by atoms with van der Waals surface area (Å²) in [4.78, 5) is 10.7. The maximum Gasteiger partial charge on any atom is 0.219 e. The van der Waals surface area contributed by atoms with Gasteiger partial charge in [-0.25, -0.2) is 0 Å². The van der Waals surface area contributed by atoms with Crippen molar-refractivity contribution in [2.75, 3.05) is 6.54 Å². The minimum absolute atomic E-state index is 0.207. The minimum Gasteiger partial charge on any atom is -0.370 e. The Balaban J connectivity index is 3.75. The molecule has 0 aromatic carbocycles. The van der Waals surface area contributed by atoms with E-state index in [1.54, 1.807) is 0 Å². The van der Waals surface area contributed by atoms with E-state index in [2.05, 4.69) is 11.9 Å². The van der Waals surface area contributed by atoms with Crippen LogP contribution < -0.4 is 11.1 Å². The molecule has 0 aliphatic carbocycles. The van der Waals surface area contributed by atoms with Gasteiger partial charge in [-0.3, -0.25) is 4.79 Å². The maximum atomic E-state index is 10.7. The molecular formula is C10H20N2O. The Labute approximate surface area is 80.4 Å². The fourth-order valence-corrected chi connectivity index (χ4v) is 1.11. The molecular weight excluding hydrogens is 164 g/mol. The first kappa shape index (κ1) is 12.2. The predicted molar refractivity (Wildman–Crippen MR) is 55.3 cm³/mol. The second kappa shape index (κ2) is 5.02. The Kier molecular flexibility index (Phi) is 4.70. The van der Waals surface area contributed by atoms with Crippen LogP contribution in [0.5, 0.6) is 0 Å². The van der Waals surface area contributed by atoms with Gasteiger partial charge in [0.15, 0.2) is 0 Å². The van der Waals surface area contributed by atoms with E-state index in [-0.39, 0.29) is 11.4 Å². The van der Waals surface area contributed by atoms with Crippen molar-refractivity contribution in [2.45, 2.75) is 39.2 Å². The monoisotopic (exact) mass is 184 g/mol. The van der Waals surface area contributed by atoms with E-state index < -0.39 is 0 Å². The van der Waals surface area contributed by atoms with Gasteiger partial charge in [-0.05, 0) is 33.7 Å². The molecule has 0 bridgehead atoms. The summed E-state index contributed by atoms with van der Waals surface area (Å²) in [6.45, 7) is 10.6. The van der Waals surface area contributed by atoms with Crippen molar-refractivity contribution in [2.24, 2.45) is 5.73 Å². The fraction of sp³-hybridized carbons (Fsp3) is 0.700. The van der Waals surface area contributed by atoms with Crippen LogP contribution in [0.2, 0.25) is 0 Å². The quantitative estimate of drug-likeness (QED) is 0.609. The van der Waals surface area contributed by atoms with Crippen LogP contribution in [0.1, 0.15) is 33.6 Å². The van der Waals surface area contributed by atoms with Gasteiger partial charge in [0.2, 0.25) is 5.91 Å². The van der Waals surface area contributed by atoms with Gasteiger partial charge < -0.3 is 11.1 Å². The number of hydrogen-bond acceptors (Lipinski definition) is 2. The van der Waals surface area contributed by atoms with Crippen LogP contribution in [0.4, 0.5) is 0 Å². The second-order valence-electron chi connectivity index (χ2n) is 4.16. The van der Waals surface area contributed by atoms with Crippen LogP contribution in [-0.4, -0.2) is 18.0 Å². The van der Waals surface area contributed by atoms with Gasteiger partial charge >= 0.3 is 0 Å². The van der Waals surface area contributed by atoms with E-state index in [1.807, 2.05) is 20.8 Å². The van der Waals surface area contributed by atoms with Crippen molar-refractivity contribution in [3.63, 3.8) is 0 Å². The lowest BCUT2D eigenvalue weighted by Crippen LogP contribution is -2.43. The minimum atomic E-state index is -0.271. The van der Waals surface area contributed by atoms with E-state index >= 15 is 0 Å². The molecule has 0 saturated carbocycles. The first-order valence-electron chi connectivity index (χ1n) is 4.51. The van der Waals surface area contributed by atoms with E-state index in [0.717, 1.165) is 18.5 Å². The van der Waals surface area contributed by atoms with Gasteiger partial charge in [-0.15, -0.1) is 6.58 Å². The second-order valence-corrected chi connectivity index (χ2v) is 4.16. The normalized spacial score (nSPS) is 11.3. The zero-order valence-electron chi connectivity index (χ0n) is 8.81. The molecule has 0 saturated heterocycles. The Morgan fingerprint density at radius 1 is 1.54 bits per heavy atom. The van der Waals surface area contributed by atoms with Gasteiger partial charge in [0.05, 0.1) is 0 Å². The van der Waals surface area contributed by atoms with E-state index in [0.29, 0.717) is 6.42 Å². The molecule has 0 atom stereocenters. The molecule has 0 spiro atoms. The van der Waals surface area contributed by atoms with E-state index in [1.165, 1.54) is 0 Å². The van der Waals surface area contributed by atoms with Crippen molar-refractivity contribution < 1.29 is 4.79 Å². The van der Waals surface area contributed by atoms with Crippen LogP contribution in [0.3, 0.4) is 0 Å². The number of primary amides is 1. The number of carbonyl (C=O) groups is 1. The van der Waals surface area contributed by atoms with Crippen LogP contribution in [0.25, 0.3) is 0 Å². The Morgan fingerprint density at radius 3 is 2.46 bits per heavy atom. The Bertz CT molecular complexity index is 197. The standard InChI is InChI=1S/C10H20N2O/c1-8(2)5-6-12-10(3,4)7-9(11)13/h12H,1,5-7H2,2-4H3,(H2,11,13). The number of nitrogens with one attached hydrogen (secondary N) is 1. The molecule has 0 radical (unpaired) electrons. The van der Waals surface area contributed by atoms with Crippen LogP contribution >= 0.6 is 0 Å². The molecule has 3 nitrogen and oxygen atoms in total. The number of rotatable bonds is 6. The third-order valence-electron chi connectivity index (χ3n) is 1.77. The summed E-state index contributed by atoms with van der Waals surface area (Å²) < 4.78 is 0. The topological polar surface area (TPSA) is 55.1 Å². The lowest BCUT2D eigenvalue weighted by atomic mass is 10.00. The van der Waals surface area contributed by atoms with Crippen LogP contribution in [0, 0.1) is 0 Å². The molecule has 0 fully saturated rings. The number of nitrogens with two attached hydrogens (primary N) is 1. The number of hydrogen-bond donors (Lipinski definition) is 2. The molecule has 3 N–H and O–H groups in total. The Morgan fingerprint density at radius 2 is 2.08 bits per heavy atom. The molecule has 1 amide bonds. The molecule has 3 heteroatoms. The molecule has 0 heterocycles. The first-order valence-corrected chi connectivity index (χ1v) is 4.51. The van der Waals surface area contributed by atoms with Crippen molar-refractivity contribution in [1.82, 2.24) is 5.32 Å². The van der Waals surface area contributed by atoms with Crippen molar-refractivity contribution in [1.29, 1.82) is 0 Å². The molecule has 0 aromatic rings. The summed E-state index contributed by atoms with van der Waals surface area (Å²) in [6, 6.07) is 0. The van der Waals surface area contributed by atoms with Gasteiger partial charge in [-0.2, -0.15) is 0 Å². The van der Waals surface area contributed by atoms with Gasteiger partial charge in [-0.1, -0.05) is 5.57 Å². The Hall–Kier alpha value is -0.830. The zero-order chi connectivity index (χ0) is 10.5. The summed E-state index contributed by atoms with van der Waals surface area (Å²) in [6.07, 6.45) is 1.30. The molecule has 0 aliphatic rings. The highest BCUT2D eigenvalue weighted by Gasteiger charge is 2.18. The lowest BCUT2D eigenvalue weighted by molar-refractivity contribution is -0.119. The van der Waals surface area contributed by atoms with Gasteiger partial charge in [0.1, 0.15) is 0 Å². The highest BCUT2D eigenvalue weighted by Crippen LogP contribution is 2.07. The van der Waals surface area contributed by atoms with Gasteiger partial charge in [0.25, 0.3) is 0 Å². The molecule has 0 rings (SSSR count).